The summed E-state index contributed by atoms with van der Waals surface area (Å²) in [5, 5.41) is 7.60. The van der Waals surface area contributed by atoms with Gasteiger partial charge in [-0.1, -0.05) is 6.58 Å². The maximum atomic E-state index is 9.82. The number of nitrogens with two attached hydrogens (primary N) is 1. The Morgan fingerprint density at radius 1 is 1.24 bits per heavy atom. The second-order valence-electron chi connectivity index (χ2n) is 2.22. The number of esters is 1. The van der Waals surface area contributed by atoms with Crippen LogP contribution in [0, 0.1) is 0 Å². The van der Waals surface area contributed by atoms with E-state index in [2.05, 4.69) is 21.8 Å². The van der Waals surface area contributed by atoms with Gasteiger partial charge in [-0.2, -0.15) is 0 Å². The Morgan fingerprint density at radius 3 is 1.59 bits per heavy atom. The summed E-state index contributed by atoms with van der Waals surface area (Å²) >= 11 is 0. The van der Waals surface area contributed by atoms with Crippen molar-refractivity contribution in [2.45, 2.75) is 20.8 Å². The fourth-order valence-electron chi connectivity index (χ4n) is 0.346. The van der Waals surface area contributed by atoms with Gasteiger partial charge < -0.3 is 20.3 Å². The highest BCUT2D eigenvalue weighted by molar-refractivity contribution is 5.78. The lowest BCUT2D eigenvalue weighted by molar-refractivity contribution is -0.140. The van der Waals surface area contributed by atoms with Crippen molar-refractivity contribution in [3.8, 4) is 0 Å². The van der Waals surface area contributed by atoms with Gasteiger partial charge >= 0.3 is 18.0 Å². The van der Waals surface area contributed by atoms with E-state index in [1.807, 2.05) is 0 Å². The third-order valence-corrected chi connectivity index (χ3v) is 0.809. The van der Waals surface area contributed by atoms with Crippen LogP contribution in [0.5, 0.6) is 0 Å². The van der Waals surface area contributed by atoms with Gasteiger partial charge in [0.1, 0.15) is 0 Å². The van der Waals surface area contributed by atoms with Crippen molar-refractivity contribution in [3.05, 3.63) is 12.7 Å². The number of hydrogen-bond donors (Lipinski definition) is 2. The quantitative estimate of drug-likeness (QED) is 0.567. The lowest BCUT2D eigenvalue weighted by Gasteiger charge is -1.89. The average molecular weight is 249 g/mol. The molecule has 0 aliphatic carbocycles. The van der Waals surface area contributed by atoms with E-state index >= 15 is 0 Å². The molecule has 3 N–H and O–H groups in total. The number of carboxylic acids is 1. The minimum absolute atomic E-state index is 0.211. The number of aliphatic carboxylic acids is 1. The molecule has 0 rings (SSSR count). The normalized spacial score (nSPS) is 7.24. The molecule has 0 fully saturated rings. The zero-order chi connectivity index (χ0) is 14.3. The summed E-state index contributed by atoms with van der Waals surface area (Å²) < 4.78 is 8.58. The van der Waals surface area contributed by atoms with E-state index in [0.717, 1.165) is 6.08 Å². The standard InChI is InChI=1S/C4H8O2.C3H7NO2.C3H4O2/c1-3-6-4(2)5;1-2-6-3(4)5;1-2-3(4)5/h3H2,1-2H3;2H2,1H3,(H2,4,5);2H,1H2,(H,4,5). The van der Waals surface area contributed by atoms with Crippen molar-refractivity contribution in [2.75, 3.05) is 13.2 Å². The zero-order valence-electron chi connectivity index (χ0n) is 10.3. The third kappa shape index (κ3) is 56.3. The number of carbonyl (C=O) groups is 3. The van der Waals surface area contributed by atoms with Crippen LogP contribution < -0.4 is 5.73 Å². The molecule has 0 aliphatic rings. The summed E-state index contributed by atoms with van der Waals surface area (Å²) in [6, 6.07) is 0. The summed E-state index contributed by atoms with van der Waals surface area (Å²) in [6.45, 7) is 8.67. The number of amides is 1. The van der Waals surface area contributed by atoms with E-state index in [1.54, 1.807) is 13.8 Å². The molecule has 0 spiro atoms. The average Bonchev–Trinajstić information content (AvgIpc) is 2.19. The minimum Gasteiger partial charge on any atom is -0.478 e. The van der Waals surface area contributed by atoms with Crippen LogP contribution in [0.25, 0.3) is 0 Å². The topological polar surface area (TPSA) is 116 Å². The van der Waals surface area contributed by atoms with Crippen LogP contribution in [-0.4, -0.2) is 36.4 Å². The molecule has 0 radical (unpaired) electrons. The highest BCUT2D eigenvalue weighted by atomic mass is 16.5. The van der Waals surface area contributed by atoms with Crippen LogP contribution in [0.1, 0.15) is 20.8 Å². The fraction of sp³-hybridized carbons (Fsp3) is 0.500. The Balaban J connectivity index is -0.000000174. The van der Waals surface area contributed by atoms with Gasteiger partial charge in [-0.3, -0.25) is 4.79 Å². The van der Waals surface area contributed by atoms with Gasteiger partial charge in [0.25, 0.3) is 0 Å². The molecule has 7 nitrogen and oxygen atoms in total. The molecule has 0 unspecified atom stereocenters. The molecule has 100 valence electrons. The van der Waals surface area contributed by atoms with E-state index in [4.69, 9.17) is 5.11 Å². The number of primary amides is 1. The Kier molecular flexibility index (Phi) is 19.6. The number of carbonyl (C=O) groups excluding carboxylic acids is 2. The molecule has 0 bridgehead atoms. The summed E-state index contributed by atoms with van der Waals surface area (Å²) in [5.74, 6) is -1.19. The molecular formula is C10H19NO6. The molecule has 0 saturated heterocycles. The summed E-state index contributed by atoms with van der Waals surface area (Å²) in [5.41, 5.74) is 4.54. The van der Waals surface area contributed by atoms with E-state index in [1.165, 1.54) is 6.92 Å². The van der Waals surface area contributed by atoms with Crippen molar-refractivity contribution in [2.24, 2.45) is 5.73 Å². The molecule has 0 aromatic carbocycles. The molecule has 7 heteroatoms. The van der Waals surface area contributed by atoms with E-state index in [-0.39, 0.29) is 5.97 Å². The first-order chi connectivity index (χ1) is 7.81. The van der Waals surface area contributed by atoms with Crippen LogP contribution in [0.15, 0.2) is 12.7 Å². The summed E-state index contributed by atoms with van der Waals surface area (Å²) in [7, 11) is 0. The van der Waals surface area contributed by atoms with Gasteiger partial charge in [0.15, 0.2) is 0 Å². The fourth-order valence-corrected chi connectivity index (χ4v) is 0.346. The van der Waals surface area contributed by atoms with Gasteiger partial charge in [-0.05, 0) is 13.8 Å². The predicted molar refractivity (Wildman–Crippen MR) is 61.3 cm³/mol. The molecular weight excluding hydrogens is 230 g/mol. The first kappa shape index (κ1) is 20.4. The van der Waals surface area contributed by atoms with Gasteiger partial charge in [0.2, 0.25) is 0 Å². The minimum atomic E-state index is -0.981. The van der Waals surface area contributed by atoms with E-state index in [0.29, 0.717) is 13.2 Å². The number of ether oxygens (including phenoxy) is 2. The second-order valence-corrected chi connectivity index (χ2v) is 2.22. The lowest BCUT2D eigenvalue weighted by Crippen LogP contribution is -2.11. The van der Waals surface area contributed by atoms with Gasteiger partial charge in [0, 0.05) is 13.0 Å². The Bertz CT molecular complexity index is 223. The van der Waals surface area contributed by atoms with Gasteiger partial charge in [-0.25, -0.2) is 9.59 Å². The first-order valence-corrected chi connectivity index (χ1v) is 4.72. The molecule has 1 amide bonds. The van der Waals surface area contributed by atoms with Gasteiger partial charge in [0.05, 0.1) is 13.2 Å². The molecule has 0 aromatic rings. The van der Waals surface area contributed by atoms with Crippen LogP contribution in [0.3, 0.4) is 0 Å². The monoisotopic (exact) mass is 249 g/mol. The zero-order valence-corrected chi connectivity index (χ0v) is 10.3. The third-order valence-electron chi connectivity index (χ3n) is 0.809. The Morgan fingerprint density at radius 2 is 1.59 bits per heavy atom. The lowest BCUT2D eigenvalue weighted by atomic mass is 10.7. The van der Waals surface area contributed by atoms with Crippen molar-refractivity contribution >= 4 is 18.0 Å². The van der Waals surface area contributed by atoms with Crippen molar-refractivity contribution < 1.29 is 29.0 Å². The predicted octanol–water partition coefficient (Wildman–Crippen LogP) is 0.928. The largest absolute Gasteiger partial charge is 0.478 e. The Hall–Kier alpha value is -2.05. The molecule has 0 atom stereocenters. The van der Waals surface area contributed by atoms with Crippen LogP contribution in [0.2, 0.25) is 0 Å². The number of carboxylic acid groups (broad SMARTS) is 1. The smallest absolute Gasteiger partial charge is 0.404 e. The molecule has 17 heavy (non-hydrogen) atoms. The van der Waals surface area contributed by atoms with Crippen LogP contribution in [-0.2, 0) is 19.1 Å². The second kappa shape index (κ2) is 16.4. The van der Waals surface area contributed by atoms with E-state index < -0.39 is 12.1 Å². The SMILES string of the molecule is C=CC(=O)O.CCOC(C)=O.CCOC(N)=O. The summed E-state index contributed by atoms with van der Waals surface area (Å²) in [6.07, 6.45) is 0.123. The number of rotatable bonds is 3. The highest BCUT2D eigenvalue weighted by Crippen LogP contribution is 1.69. The van der Waals surface area contributed by atoms with Crippen molar-refractivity contribution in [1.82, 2.24) is 0 Å². The summed E-state index contributed by atoms with van der Waals surface area (Å²) in [4.78, 5) is 28.7. The van der Waals surface area contributed by atoms with E-state index in [9.17, 15) is 14.4 Å². The maximum absolute atomic E-state index is 9.82. The van der Waals surface area contributed by atoms with Crippen LogP contribution in [0.4, 0.5) is 4.79 Å². The molecule has 0 saturated carbocycles. The number of hydrogen-bond acceptors (Lipinski definition) is 5. The van der Waals surface area contributed by atoms with Crippen molar-refractivity contribution in [1.29, 1.82) is 0 Å². The van der Waals surface area contributed by atoms with Crippen molar-refractivity contribution in [3.63, 3.8) is 0 Å². The molecule has 0 aromatic heterocycles. The van der Waals surface area contributed by atoms with Gasteiger partial charge in [-0.15, -0.1) is 0 Å². The molecule has 0 heterocycles. The molecule has 0 aliphatic heterocycles. The highest BCUT2D eigenvalue weighted by Gasteiger charge is 1.82. The maximum Gasteiger partial charge on any atom is 0.404 e. The Labute approximate surface area is 100 Å². The first-order valence-electron chi connectivity index (χ1n) is 4.72. The van der Waals surface area contributed by atoms with Crippen LogP contribution >= 0.6 is 0 Å².